The van der Waals surface area contributed by atoms with Crippen LogP contribution in [-0.2, 0) is 5.41 Å². The van der Waals surface area contributed by atoms with Gasteiger partial charge in [0.15, 0.2) is 0 Å². The largest absolute Gasteiger partial charge is 0.510 e. The van der Waals surface area contributed by atoms with Gasteiger partial charge in [0.1, 0.15) is 5.76 Å². The van der Waals surface area contributed by atoms with E-state index in [1.165, 1.54) is 27.8 Å². The summed E-state index contributed by atoms with van der Waals surface area (Å²) < 4.78 is 0. The molecular formula is C33H29NO. The Morgan fingerprint density at radius 2 is 1.29 bits per heavy atom. The molecule has 4 aromatic rings. The van der Waals surface area contributed by atoms with Crippen molar-refractivity contribution < 1.29 is 5.11 Å². The molecule has 2 aliphatic rings. The Hall–Kier alpha value is -4.04. The molecule has 4 aromatic carbocycles. The number of rotatable bonds is 4. The van der Waals surface area contributed by atoms with Gasteiger partial charge in [-0.2, -0.15) is 0 Å². The fourth-order valence-electron chi connectivity index (χ4n) is 6.00. The van der Waals surface area contributed by atoms with Gasteiger partial charge in [0.2, 0.25) is 0 Å². The normalized spacial score (nSPS) is 20.1. The number of aliphatic hydroxyl groups excluding tert-OH is 1. The van der Waals surface area contributed by atoms with Crippen molar-refractivity contribution in [2.75, 3.05) is 5.32 Å². The number of allylic oxidation sites excluding steroid dienone is 2. The number of nitrogens with one attached hydrogen (secondary N) is 1. The molecule has 1 atom stereocenters. The van der Waals surface area contributed by atoms with Crippen LogP contribution in [0.4, 0.5) is 5.69 Å². The third-order valence-electron chi connectivity index (χ3n) is 7.73. The molecule has 0 bridgehead atoms. The molecule has 0 aromatic heterocycles. The van der Waals surface area contributed by atoms with Crippen LogP contribution in [0.3, 0.4) is 0 Å². The number of aliphatic hydroxyl groups is 1. The van der Waals surface area contributed by atoms with Crippen LogP contribution in [0, 0.1) is 6.92 Å². The van der Waals surface area contributed by atoms with Crippen LogP contribution in [0.5, 0.6) is 0 Å². The van der Waals surface area contributed by atoms with Crippen molar-refractivity contribution in [1.82, 2.24) is 0 Å². The first-order chi connectivity index (χ1) is 17.0. The molecule has 1 unspecified atom stereocenters. The molecule has 0 amide bonds. The van der Waals surface area contributed by atoms with Crippen molar-refractivity contribution in [3.63, 3.8) is 0 Å². The van der Waals surface area contributed by atoms with E-state index < -0.39 is 11.0 Å². The highest BCUT2D eigenvalue weighted by Gasteiger charge is 2.50. The summed E-state index contributed by atoms with van der Waals surface area (Å²) in [6.07, 6.45) is 2.72. The van der Waals surface area contributed by atoms with Crippen LogP contribution in [0.1, 0.15) is 41.2 Å². The summed E-state index contributed by atoms with van der Waals surface area (Å²) in [6.45, 7) is 4.20. The minimum atomic E-state index is -0.610. The molecule has 0 saturated heterocycles. The second kappa shape index (κ2) is 8.02. The highest BCUT2D eigenvalue weighted by Crippen LogP contribution is 2.58. The number of anilines is 1. The van der Waals surface area contributed by atoms with Crippen molar-refractivity contribution in [3.05, 3.63) is 154 Å². The van der Waals surface area contributed by atoms with Gasteiger partial charge in [-0.3, -0.25) is 0 Å². The van der Waals surface area contributed by atoms with Crippen molar-refractivity contribution >= 4 is 11.3 Å². The Bertz CT molecular complexity index is 1430. The molecule has 172 valence electrons. The lowest BCUT2D eigenvalue weighted by molar-refractivity contribution is 0.322. The fraction of sp³-hybridized carbons (Fsp3) is 0.152. The Labute approximate surface area is 207 Å². The maximum Gasteiger partial charge on any atom is 0.118 e. The number of aryl methyl sites for hydroxylation is 1. The Morgan fingerprint density at radius 3 is 1.94 bits per heavy atom. The molecule has 0 fully saturated rings. The average Bonchev–Trinajstić information content (AvgIpc) is 3.16. The number of fused-ring (bicyclic) bond motifs is 2. The molecule has 2 N–H and O–H groups in total. The summed E-state index contributed by atoms with van der Waals surface area (Å²) in [4.78, 5) is 0. The zero-order chi connectivity index (χ0) is 24.0. The molecular weight excluding hydrogens is 426 g/mol. The number of hydrogen-bond acceptors (Lipinski definition) is 2. The Kier molecular flexibility index (Phi) is 4.93. The van der Waals surface area contributed by atoms with E-state index in [1.807, 2.05) is 18.2 Å². The van der Waals surface area contributed by atoms with Gasteiger partial charge >= 0.3 is 0 Å². The number of para-hydroxylation sites is 1. The highest BCUT2D eigenvalue weighted by atomic mass is 16.3. The van der Waals surface area contributed by atoms with Gasteiger partial charge < -0.3 is 10.4 Å². The van der Waals surface area contributed by atoms with E-state index in [1.54, 1.807) is 0 Å². The molecule has 0 spiro atoms. The van der Waals surface area contributed by atoms with E-state index in [0.717, 1.165) is 16.8 Å². The van der Waals surface area contributed by atoms with Crippen molar-refractivity contribution in [2.24, 2.45) is 0 Å². The molecule has 2 aliphatic carbocycles. The van der Waals surface area contributed by atoms with Gasteiger partial charge in [-0.25, -0.2) is 0 Å². The molecule has 6 rings (SSSR count). The van der Waals surface area contributed by atoms with E-state index in [2.05, 4.69) is 116 Å². The van der Waals surface area contributed by atoms with E-state index in [9.17, 15) is 5.11 Å². The Balaban J connectivity index is 1.60. The van der Waals surface area contributed by atoms with Crippen LogP contribution in [0.2, 0.25) is 0 Å². The first-order valence-electron chi connectivity index (χ1n) is 12.2. The zero-order valence-corrected chi connectivity index (χ0v) is 20.1. The van der Waals surface area contributed by atoms with Gasteiger partial charge in [0.05, 0.1) is 11.0 Å². The first-order valence-corrected chi connectivity index (χ1v) is 12.2. The van der Waals surface area contributed by atoms with Crippen LogP contribution >= 0.6 is 0 Å². The lowest BCUT2D eigenvalue weighted by Gasteiger charge is -2.39. The van der Waals surface area contributed by atoms with Crippen LogP contribution in [0.15, 0.2) is 127 Å². The van der Waals surface area contributed by atoms with Crippen LogP contribution in [-0.4, -0.2) is 10.6 Å². The standard InChI is InChI=1S/C33H29NO/c1-23-13-9-12-20-30(23)34-32(2)22-27-26-18-10-11-19-28(26)33(29(27)21-31(32)35,24-14-5-3-6-15-24)25-16-7-4-8-17-25/h3-21,34-35H,22H2,1-2H3. The minimum absolute atomic E-state index is 0.364. The highest BCUT2D eigenvalue weighted by molar-refractivity contribution is 5.89. The van der Waals surface area contributed by atoms with Gasteiger partial charge in [-0.1, -0.05) is 103 Å². The summed E-state index contributed by atoms with van der Waals surface area (Å²) in [5.41, 5.74) is 8.52. The minimum Gasteiger partial charge on any atom is -0.510 e. The third-order valence-corrected chi connectivity index (χ3v) is 7.73. The van der Waals surface area contributed by atoms with Gasteiger partial charge in [0, 0.05) is 12.1 Å². The Morgan fingerprint density at radius 1 is 0.714 bits per heavy atom. The number of benzene rings is 4. The average molecular weight is 456 g/mol. The van der Waals surface area contributed by atoms with E-state index >= 15 is 0 Å². The lowest BCUT2D eigenvalue weighted by Crippen LogP contribution is -2.40. The van der Waals surface area contributed by atoms with Gasteiger partial charge in [-0.05, 0) is 65.0 Å². The molecule has 0 saturated carbocycles. The second-order valence-electron chi connectivity index (χ2n) is 9.90. The molecule has 0 heterocycles. The zero-order valence-electron chi connectivity index (χ0n) is 20.1. The van der Waals surface area contributed by atoms with E-state index in [-0.39, 0.29) is 0 Å². The smallest absolute Gasteiger partial charge is 0.118 e. The summed E-state index contributed by atoms with van der Waals surface area (Å²) >= 11 is 0. The molecule has 0 aliphatic heterocycles. The van der Waals surface area contributed by atoms with Crippen molar-refractivity contribution in [1.29, 1.82) is 0 Å². The maximum absolute atomic E-state index is 11.6. The van der Waals surface area contributed by atoms with Gasteiger partial charge in [0.25, 0.3) is 0 Å². The van der Waals surface area contributed by atoms with E-state index in [4.69, 9.17) is 0 Å². The van der Waals surface area contributed by atoms with Crippen LogP contribution < -0.4 is 5.32 Å². The van der Waals surface area contributed by atoms with E-state index in [0.29, 0.717) is 12.2 Å². The van der Waals surface area contributed by atoms with Crippen molar-refractivity contribution in [3.8, 4) is 0 Å². The molecule has 2 nitrogen and oxygen atoms in total. The summed E-state index contributed by atoms with van der Waals surface area (Å²) in [7, 11) is 0. The third kappa shape index (κ3) is 3.17. The fourth-order valence-corrected chi connectivity index (χ4v) is 6.00. The topological polar surface area (TPSA) is 32.3 Å². The molecule has 2 heteroatoms. The summed E-state index contributed by atoms with van der Waals surface area (Å²) in [5.74, 6) is 0.364. The van der Waals surface area contributed by atoms with Crippen LogP contribution in [0.25, 0.3) is 5.57 Å². The number of hydrogen-bond donors (Lipinski definition) is 2. The first kappa shape index (κ1) is 21.5. The SMILES string of the molecule is Cc1ccccc1NC1(C)CC2=C(C=C1O)C(c1ccccc1)(c1ccccc1)c1ccccc12. The summed E-state index contributed by atoms with van der Waals surface area (Å²) in [6, 6.07) is 38.4. The monoisotopic (exact) mass is 455 g/mol. The predicted octanol–water partition coefficient (Wildman–Crippen LogP) is 7.81. The summed E-state index contributed by atoms with van der Waals surface area (Å²) in [5, 5.41) is 15.3. The second-order valence-corrected chi connectivity index (χ2v) is 9.90. The molecule has 0 radical (unpaired) electrons. The quantitative estimate of drug-likeness (QED) is 0.329. The predicted molar refractivity (Wildman–Crippen MR) is 145 cm³/mol. The van der Waals surface area contributed by atoms with Gasteiger partial charge in [-0.15, -0.1) is 0 Å². The lowest BCUT2D eigenvalue weighted by atomic mass is 9.65. The van der Waals surface area contributed by atoms with Crippen molar-refractivity contribution in [2.45, 2.75) is 31.2 Å². The molecule has 35 heavy (non-hydrogen) atoms. The maximum atomic E-state index is 11.6.